The lowest BCUT2D eigenvalue weighted by atomic mass is 10.2. The highest BCUT2D eigenvalue weighted by Gasteiger charge is 2.16. The van der Waals surface area contributed by atoms with Crippen LogP contribution in [-0.2, 0) is 11.3 Å². The van der Waals surface area contributed by atoms with Crippen molar-refractivity contribution < 1.29 is 4.79 Å². The lowest BCUT2D eigenvalue weighted by Crippen LogP contribution is -2.12. The van der Waals surface area contributed by atoms with Crippen molar-refractivity contribution in [2.24, 2.45) is 5.10 Å². The van der Waals surface area contributed by atoms with Gasteiger partial charge < -0.3 is 0 Å². The Morgan fingerprint density at radius 1 is 1.38 bits per heavy atom. The topological polar surface area (TPSA) is 72.2 Å². The molecule has 0 bridgehead atoms. The van der Waals surface area contributed by atoms with Crippen LogP contribution in [0, 0.1) is 0 Å². The summed E-state index contributed by atoms with van der Waals surface area (Å²) in [6, 6.07) is 7.69. The summed E-state index contributed by atoms with van der Waals surface area (Å²) in [5, 5.41) is 12.0. The molecule has 0 radical (unpaired) electrons. The second-order valence-corrected chi connectivity index (χ2v) is 3.63. The standard InChI is InChI=1S/C10H9N5O/c16-10-5-7(11-13-10)6-15-9-4-2-1-3-8(9)12-14-15/h1-4H,5-6H2,(H,13,16). The first-order valence-corrected chi connectivity index (χ1v) is 4.95. The molecule has 0 atom stereocenters. The number of fused-ring (bicyclic) bond motifs is 1. The van der Waals surface area contributed by atoms with Crippen molar-refractivity contribution in [1.82, 2.24) is 20.4 Å². The largest absolute Gasteiger partial charge is 0.273 e. The maximum Gasteiger partial charge on any atom is 0.245 e. The number of hydrogen-bond acceptors (Lipinski definition) is 4. The van der Waals surface area contributed by atoms with Gasteiger partial charge in [0, 0.05) is 0 Å². The van der Waals surface area contributed by atoms with Gasteiger partial charge in [-0.2, -0.15) is 5.10 Å². The number of aromatic nitrogens is 3. The van der Waals surface area contributed by atoms with E-state index in [0.717, 1.165) is 16.7 Å². The molecule has 6 nitrogen and oxygen atoms in total. The van der Waals surface area contributed by atoms with E-state index in [1.165, 1.54) is 0 Å². The fraction of sp³-hybridized carbons (Fsp3) is 0.200. The number of benzene rings is 1. The van der Waals surface area contributed by atoms with Gasteiger partial charge in [-0.3, -0.25) is 4.79 Å². The van der Waals surface area contributed by atoms with Gasteiger partial charge in [-0.15, -0.1) is 5.10 Å². The summed E-state index contributed by atoms with van der Waals surface area (Å²) in [7, 11) is 0. The summed E-state index contributed by atoms with van der Waals surface area (Å²) in [4.78, 5) is 11.0. The van der Waals surface area contributed by atoms with E-state index < -0.39 is 0 Å². The number of nitrogens with one attached hydrogen (secondary N) is 1. The molecule has 6 heteroatoms. The number of amides is 1. The molecule has 1 N–H and O–H groups in total. The van der Waals surface area contributed by atoms with E-state index in [-0.39, 0.29) is 5.91 Å². The number of hydrogen-bond donors (Lipinski definition) is 1. The third-order valence-electron chi connectivity index (χ3n) is 2.46. The molecule has 3 rings (SSSR count). The minimum atomic E-state index is -0.0700. The fourth-order valence-electron chi connectivity index (χ4n) is 1.70. The van der Waals surface area contributed by atoms with E-state index in [0.29, 0.717) is 13.0 Å². The van der Waals surface area contributed by atoms with Crippen LogP contribution in [0.5, 0.6) is 0 Å². The predicted octanol–water partition coefficient (Wildman–Crippen LogP) is 0.307. The number of nitrogens with zero attached hydrogens (tertiary/aromatic N) is 4. The van der Waals surface area contributed by atoms with E-state index in [9.17, 15) is 4.79 Å². The van der Waals surface area contributed by atoms with Crippen LogP contribution >= 0.6 is 0 Å². The van der Waals surface area contributed by atoms with Crippen LogP contribution in [0.4, 0.5) is 0 Å². The van der Waals surface area contributed by atoms with Crippen molar-refractivity contribution in [2.45, 2.75) is 13.0 Å². The van der Waals surface area contributed by atoms with Gasteiger partial charge in [0.15, 0.2) is 0 Å². The molecule has 80 valence electrons. The molecular formula is C10H9N5O. The molecule has 0 unspecified atom stereocenters. The van der Waals surface area contributed by atoms with Gasteiger partial charge >= 0.3 is 0 Å². The Hall–Kier alpha value is -2.24. The molecule has 0 saturated carbocycles. The Balaban J connectivity index is 1.92. The minimum Gasteiger partial charge on any atom is -0.273 e. The number of para-hydroxylation sites is 1. The zero-order chi connectivity index (χ0) is 11.0. The molecule has 16 heavy (non-hydrogen) atoms. The van der Waals surface area contributed by atoms with Crippen molar-refractivity contribution in [3.05, 3.63) is 24.3 Å². The Labute approximate surface area is 90.9 Å². The van der Waals surface area contributed by atoms with E-state index >= 15 is 0 Å². The smallest absolute Gasteiger partial charge is 0.245 e. The van der Waals surface area contributed by atoms with Crippen LogP contribution in [-0.4, -0.2) is 26.6 Å². The number of carbonyl (C=O) groups is 1. The van der Waals surface area contributed by atoms with Crippen LogP contribution in [0.3, 0.4) is 0 Å². The first-order chi connectivity index (χ1) is 7.83. The van der Waals surface area contributed by atoms with Gasteiger partial charge in [-0.25, -0.2) is 10.1 Å². The third-order valence-corrected chi connectivity index (χ3v) is 2.46. The van der Waals surface area contributed by atoms with Crippen LogP contribution in [0.2, 0.25) is 0 Å². The Bertz CT molecular complexity index is 586. The maximum atomic E-state index is 11.0. The first kappa shape index (κ1) is 9.02. The summed E-state index contributed by atoms with van der Waals surface area (Å²) in [5.41, 5.74) is 4.99. The molecule has 1 aromatic carbocycles. The summed E-state index contributed by atoms with van der Waals surface area (Å²) in [6.45, 7) is 0.499. The quantitative estimate of drug-likeness (QED) is 0.783. The Morgan fingerprint density at radius 3 is 3.06 bits per heavy atom. The van der Waals surface area contributed by atoms with Crippen LogP contribution in [0.25, 0.3) is 11.0 Å². The van der Waals surface area contributed by atoms with E-state index in [2.05, 4.69) is 20.8 Å². The SMILES string of the molecule is O=C1CC(Cn2nnc3ccccc32)=NN1. The lowest BCUT2D eigenvalue weighted by Gasteiger charge is -1.99. The third kappa shape index (κ3) is 1.44. The molecule has 1 aliphatic rings. The zero-order valence-corrected chi connectivity index (χ0v) is 8.42. The normalized spacial score (nSPS) is 15.2. The second kappa shape index (κ2) is 3.41. The van der Waals surface area contributed by atoms with Gasteiger partial charge in [-0.05, 0) is 12.1 Å². The van der Waals surface area contributed by atoms with E-state index in [1.54, 1.807) is 4.68 Å². The van der Waals surface area contributed by atoms with Crippen molar-refractivity contribution in [3.8, 4) is 0 Å². The fourth-order valence-corrected chi connectivity index (χ4v) is 1.70. The predicted molar refractivity (Wildman–Crippen MR) is 57.7 cm³/mol. The average molecular weight is 215 g/mol. The van der Waals surface area contributed by atoms with E-state index in [1.807, 2.05) is 24.3 Å². The first-order valence-electron chi connectivity index (χ1n) is 4.95. The molecule has 2 heterocycles. The summed E-state index contributed by atoms with van der Waals surface area (Å²) < 4.78 is 1.74. The summed E-state index contributed by atoms with van der Waals surface area (Å²) >= 11 is 0. The zero-order valence-electron chi connectivity index (χ0n) is 8.42. The van der Waals surface area contributed by atoms with Crippen molar-refractivity contribution >= 4 is 22.7 Å². The molecule has 2 aromatic rings. The minimum absolute atomic E-state index is 0.0700. The molecule has 0 fully saturated rings. The number of rotatable bonds is 2. The van der Waals surface area contributed by atoms with Gasteiger partial charge in [0.05, 0.1) is 24.2 Å². The number of hydrazone groups is 1. The van der Waals surface area contributed by atoms with Crippen LogP contribution in [0.1, 0.15) is 6.42 Å². The summed E-state index contributed by atoms with van der Waals surface area (Å²) in [6.07, 6.45) is 0.341. The highest BCUT2D eigenvalue weighted by atomic mass is 16.2. The highest BCUT2D eigenvalue weighted by Crippen LogP contribution is 2.10. The van der Waals surface area contributed by atoms with Gasteiger partial charge in [0.1, 0.15) is 5.52 Å². The Morgan fingerprint density at radius 2 is 2.25 bits per heavy atom. The molecule has 0 aliphatic carbocycles. The van der Waals surface area contributed by atoms with Gasteiger partial charge in [-0.1, -0.05) is 17.3 Å². The van der Waals surface area contributed by atoms with Gasteiger partial charge in [0.25, 0.3) is 0 Å². The van der Waals surface area contributed by atoms with Crippen LogP contribution in [0.15, 0.2) is 29.4 Å². The molecule has 1 amide bonds. The van der Waals surface area contributed by atoms with Crippen molar-refractivity contribution in [2.75, 3.05) is 0 Å². The lowest BCUT2D eigenvalue weighted by molar-refractivity contribution is -0.119. The molecular weight excluding hydrogens is 206 g/mol. The van der Waals surface area contributed by atoms with Crippen LogP contribution < -0.4 is 5.43 Å². The summed E-state index contributed by atoms with van der Waals surface area (Å²) in [5.74, 6) is -0.0700. The molecule has 1 aliphatic heterocycles. The van der Waals surface area contributed by atoms with E-state index in [4.69, 9.17) is 0 Å². The average Bonchev–Trinajstić information content (AvgIpc) is 2.87. The van der Waals surface area contributed by atoms with Crippen molar-refractivity contribution in [3.63, 3.8) is 0 Å². The maximum absolute atomic E-state index is 11.0. The number of carbonyl (C=O) groups excluding carboxylic acids is 1. The molecule has 0 spiro atoms. The Kier molecular flexibility index (Phi) is 1.92. The van der Waals surface area contributed by atoms with Gasteiger partial charge in [0.2, 0.25) is 5.91 Å². The molecule has 0 saturated heterocycles. The second-order valence-electron chi connectivity index (χ2n) is 3.63. The van der Waals surface area contributed by atoms with Crippen molar-refractivity contribution in [1.29, 1.82) is 0 Å². The highest BCUT2D eigenvalue weighted by molar-refractivity contribution is 6.05. The molecule has 1 aromatic heterocycles. The monoisotopic (exact) mass is 215 g/mol.